The molecule has 4 rings (SSSR count). The van der Waals surface area contributed by atoms with Crippen molar-refractivity contribution in [3.05, 3.63) is 35.5 Å². The van der Waals surface area contributed by atoms with Crippen LogP contribution in [0.3, 0.4) is 0 Å². The molecule has 1 aromatic carbocycles. The quantitative estimate of drug-likeness (QED) is 0.455. The lowest BCUT2D eigenvalue weighted by Gasteiger charge is -2.31. The van der Waals surface area contributed by atoms with E-state index in [1.54, 1.807) is 9.58 Å². The number of nitrogens with one attached hydrogen (secondary N) is 1. The van der Waals surface area contributed by atoms with Gasteiger partial charge in [-0.15, -0.1) is 0 Å². The van der Waals surface area contributed by atoms with Crippen LogP contribution in [0.5, 0.6) is 0 Å². The molecule has 12 heteroatoms. The van der Waals surface area contributed by atoms with Crippen LogP contribution in [-0.4, -0.2) is 71.4 Å². The van der Waals surface area contributed by atoms with E-state index in [-0.39, 0.29) is 11.7 Å². The minimum absolute atomic E-state index is 0.0965. The molecule has 3 heterocycles. The van der Waals surface area contributed by atoms with Crippen molar-refractivity contribution in [2.45, 2.75) is 37.9 Å². The average Bonchev–Trinajstić information content (AvgIpc) is 3.22. The molecule has 2 saturated heterocycles. The molecule has 194 valence electrons. The number of nitrogens with zero attached hydrogens (tertiary/aromatic N) is 3. The molecule has 1 amide bonds. The maximum atomic E-state index is 12.3. The summed E-state index contributed by atoms with van der Waals surface area (Å²) in [4.78, 5) is 36.3. The van der Waals surface area contributed by atoms with E-state index in [4.69, 9.17) is 5.73 Å². The summed E-state index contributed by atoms with van der Waals surface area (Å²) in [5, 5.41) is 8.48. The van der Waals surface area contributed by atoms with Gasteiger partial charge in [0.1, 0.15) is 0 Å². The molecule has 3 N–H and O–H groups in total. The first-order valence-electron chi connectivity index (χ1n) is 11.9. The van der Waals surface area contributed by atoms with Gasteiger partial charge in [-0.2, -0.15) is 18.3 Å². The third-order valence-electron chi connectivity index (χ3n) is 6.60. The average molecular weight is 508 g/mol. The number of fused-ring (bicyclic) bond motifs is 1. The summed E-state index contributed by atoms with van der Waals surface area (Å²) in [6, 6.07) is 5.68. The molecule has 0 bridgehead atoms. The summed E-state index contributed by atoms with van der Waals surface area (Å²) in [7, 11) is 0. The van der Waals surface area contributed by atoms with E-state index < -0.39 is 30.6 Å². The van der Waals surface area contributed by atoms with Gasteiger partial charge in [0.15, 0.2) is 5.69 Å². The van der Waals surface area contributed by atoms with Crippen molar-refractivity contribution in [1.82, 2.24) is 20.0 Å². The number of amides is 1. The molecule has 2 fully saturated rings. The van der Waals surface area contributed by atoms with E-state index in [1.165, 1.54) is 0 Å². The number of piperidine rings is 2. The second-order valence-electron chi connectivity index (χ2n) is 9.15. The van der Waals surface area contributed by atoms with Crippen LogP contribution in [0.2, 0.25) is 0 Å². The van der Waals surface area contributed by atoms with Crippen LogP contribution in [0, 0.1) is 5.92 Å². The first kappa shape index (κ1) is 25.8. The number of nitrogens with two attached hydrogens (primary N) is 1. The summed E-state index contributed by atoms with van der Waals surface area (Å²) in [5.41, 5.74) is 7.49. The van der Waals surface area contributed by atoms with Crippen molar-refractivity contribution in [2.24, 2.45) is 11.7 Å². The number of rotatable bonds is 6. The Hall–Kier alpha value is -3.25. The Morgan fingerprint density at radius 3 is 2.47 bits per heavy atom. The van der Waals surface area contributed by atoms with E-state index >= 15 is 0 Å². The topological polar surface area (TPSA) is 120 Å². The molecular weight excluding hydrogens is 479 g/mol. The fourth-order valence-corrected chi connectivity index (χ4v) is 4.70. The fraction of sp³-hybridized carbons (Fsp3) is 0.500. The Kier molecular flexibility index (Phi) is 7.74. The van der Waals surface area contributed by atoms with Gasteiger partial charge in [-0.3, -0.25) is 19.2 Å². The van der Waals surface area contributed by atoms with Gasteiger partial charge in [0.2, 0.25) is 0 Å². The Balaban J connectivity index is 1.43. The van der Waals surface area contributed by atoms with E-state index in [0.29, 0.717) is 37.2 Å². The molecule has 0 atom stereocenters. The summed E-state index contributed by atoms with van der Waals surface area (Å²) < 4.78 is 42.5. The van der Waals surface area contributed by atoms with Crippen molar-refractivity contribution in [2.75, 3.05) is 32.7 Å². The Labute approximate surface area is 205 Å². The summed E-state index contributed by atoms with van der Waals surface area (Å²) in [5.74, 6) is -3.89. The zero-order valence-corrected chi connectivity index (χ0v) is 19.6. The number of likely N-dealkylation sites (tertiary alicyclic amines) is 1. The van der Waals surface area contributed by atoms with Gasteiger partial charge >= 0.3 is 18.1 Å². The zero-order valence-electron chi connectivity index (χ0n) is 19.6. The predicted octanol–water partition coefficient (Wildman–Crippen LogP) is 2.42. The van der Waals surface area contributed by atoms with Crippen LogP contribution in [-0.2, 0) is 14.3 Å². The number of carbonyl (C=O) groups excluding carboxylic acids is 3. The third kappa shape index (κ3) is 6.11. The molecular formula is C24H28F3N5O4. The number of halogens is 3. The zero-order chi connectivity index (χ0) is 25.9. The van der Waals surface area contributed by atoms with Crippen molar-refractivity contribution < 1.29 is 32.3 Å². The first-order valence-corrected chi connectivity index (χ1v) is 11.9. The third-order valence-corrected chi connectivity index (χ3v) is 6.60. The number of carbonyl (C=O) groups is 3. The number of alkyl halides is 3. The van der Waals surface area contributed by atoms with Crippen molar-refractivity contribution >= 4 is 34.8 Å². The molecule has 2 aromatic rings. The van der Waals surface area contributed by atoms with Crippen LogP contribution in [0.25, 0.3) is 17.0 Å². The Morgan fingerprint density at radius 2 is 1.83 bits per heavy atom. The molecule has 1 aromatic heterocycles. The van der Waals surface area contributed by atoms with Crippen LogP contribution >= 0.6 is 0 Å². The number of primary amides is 1. The molecule has 0 aliphatic carbocycles. The van der Waals surface area contributed by atoms with Crippen LogP contribution in [0.4, 0.5) is 13.2 Å². The highest BCUT2D eigenvalue weighted by Crippen LogP contribution is 2.29. The summed E-state index contributed by atoms with van der Waals surface area (Å²) >= 11 is 0. The van der Waals surface area contributed by atoms with Crippen LogP contribution in [0.1, 0.15) is 47.8 Å². The Bertz CT molecular complexity index is 1160. The second kappa shape index (κ2) is 10.8. The molecule has 0 radical (unpaired) electrons. The van der Waals surface area contributed by atoms with Gasteiger partial charge in [0.25, 0.3) is 5.91 Å². The van der Waals surface area contributed by atoms with E-state index in [9.17, 15) is 27.6 Å². The monoisotopic (exact) mass is 507 g/mol. The molecule has 2 aliphatic rings. The normalized spacial score (nSPS) is 18.6. The Morgan fingerprint density at radius 1 is 1.14 bits per heavy atom. The number of aromatic nitrogens is 2. The van der Waals surface area contributed by atoms with Crippen molar-refractivity contribution in [3.8, 4) is 0 Å². The number of ether oxygens (including phenoxy) is 1. The second-order valence-corrected chi connectivity index (χ2v) is 9.15. The van der Waals surface area contributed by atoms with Crippen molar-refractivity contribution in [1.29, 1.82) is 0 Å². The van der Waals surface area contributed by atoms with Gasteiger partial charge in [0, 0.05) is 18.5 Å². The maximum absolute atomic E-state index is 12.3. The van der Waals surface area contributed by atoms with Gasteiger partial charge in [0.05, 0.1) is 18.1 Å². The smallest absolute Gasteiger partial charge is 0.385 e. The summed E-state index contributed by atoms with van der Waals surface area (Å²) in [6.07, 6.45) is 2.26. The number of esters is 2. The molecule has 9 nitrogen and oxygen atoms in total. The van der Waals surface area contributed by atoms with E-state index in [2.05, 4.69) is 27.3 Å². The SMILES string of the molecule is NC(=O)c1nn(C2CCN(CC(=O)OC(=O)C(F)(F)F)CC2)c2ccc(/C=C/C3CCNCC3)cc12. The highest BCUT2D eigenvalue weighted by Gasteiger charge is 2.42. The number of hydrogen-bond donors (Lipinski definition) is 2. The fourth-order valence-electron chi connectivity index (χ4n) is 4.70. The summed E-state index contributed by atoms with van der Waals surface area (Å²) in [6.45, 7) is 2.33. The molecule has 2 aliphatic heterocycles. The molecule has 0 spiro atoms. The lowest BCUT2D eigenvalue weighted by atomic mass is 9.96. The lowest BCUT2D eigenvalue weighted by molar-refractivity contribution is -0.202. The molecule has 36 heavy (non-hydrogen) atoms. The largest absolute Gasteiger partial charge is 0.491 e. The minimum Gasteiger partial charge on any atom is -0.385 e. The van der Waals surface area contributed by atoms with E-state index in [0.717, 1.165) is 37.0 Å². The van der Waals surface area contributed by atoms with Gasteiger partial charge in [-0.1, -0.05) is 18.2 Å². The van der Waals surface area contributed by atoms with Crippen LogP contribution in [0.15, 0.2) is 24.3 Å². The number of hydrogen-bond acceptors (Lipinski definition) is 7. The highest BCUT2D eigenvalue weighted by atomic mass is 19.4. The highest BCUT2D eigenvalue weighted by molar-refractivity contribution is 6.04. The lowest BCUT2D eigenvalue weighted by Crippen LogP contribution is -2.40. The van der Waals surface area contributed by atoms with E-state index in [1.807, 2.05) is 18.2 Å². The minimum atomic E-state index is -5.22. The van der Waals surface area contributed by atoms with Gasteiger partial charge in [-0.05, 0) is 62.4 Å². The van der Waals surface area contributed by atoms with Crippen molar-refractivity contribution in [3.63, 3.8) is 0 Å². The standard InChI is InChI=1S/C24H28F3N5O4/c25-24(26,27)23(35)36-20(33)14-31-11-7-17(8-12-31)32-19-4-3-16(2-1-15-5-9-29-10-6-15)13-18(19)21(30-32)22(28)34/h1-4,13,15,17,29H,5-12,14H2,(H2,28,34)/b2-1+. The predicted molar refractivity (Wildman–Crippen MR) is 125 cm³/mol. The first-order chi connectivity index (χ1) is 17.1. The molecule has 0 saturated carbocycles. The number of allylic oxidation sites excluding steroid dienone is 1. The number of benzene rings is 1. The van der Waals surface area contributed by atoms with Gasteiger partial charge < -0.3 is 15.8 Å². The molecule has 0 unspecified atom stereocenters. The maximum Gasteiger partial charge on any atom is 0.491 e. The van der Waals surface area contributed by atoms with Crippen LogP contribution < -0.4 is 11.1 Å². The van der Waals surface area contributed by atoms with Gasteiger partial charge in [-0.25, -0.2) is 4.79 Å².